The van der Waals surface area contributed by atoms with Crippen molar-refractivity contribution < 1.29 is 14.7 Å². The van der Waals surface area contributed by atoms with Gasteiger partial charge in [-0.25, -0.2) is 0 Å². The van der Waals surface area contributed by atoms with E-state index in [2.05, 4.69) is 12.1 Å². The molecule has 5 nitrogen and oxygen atoms in total. The Balaban J connectivity index is 1.65. The van der Waals surface area contributed by atoms with E-state index < -0.39 is 17.9 Å². The maximum atomic E-state index is 12.5. The van der Waals surface area contributed by atoms with Crippen molar-refractivity contribution in [2.45, 2.75) is 50.7 Å². The Morgan fingerprint density at radius 2 is 2.00 bits per heavy atom. The normalized spacial score (nSPS) is 26.1. The lowest BCUT2D eigenvalue weighted by Crippen LogP contribution is -2.45. The molecule has 0 unspecified atom stereocenters. The van der Waals surface area contributed by atoms with Crippen LogP contribution < -0.4 is 5.73 Å². The van der Waals surface area contributed by atoms with Crippen molar-refractivity contribution in [1.29, 1.82) is 0 Å². The minimum Gasteiger partial charge on any atom is -0.390 e. The summed E-state index contributed by atoms with van der Waals surface area (Å²) in [6, 6.07) is 5.95. The molecule has 5 heteroatoms. The average molecular weight is 316 g/mol. The molecule has 2 amide bonds. The fourth-order valence-electron chi connectivity index (χ4n) is 3.91. The fourth-order valence-corrected chi connectivity index (χ4v) is 3.91. The summed E-state index contributed by atoms with van der Waals surface area (Å²) in [5, 5.41) is 10.2. The third kappa shape index (κ3) is 3.11. The van der Waals surface area contributed by atoms with E-state index in [1.54, 1.807) is 11.9 Å². The molecule has 0 radical (unpaired) electrons. The summed E-state index contributed by atoms with van der Waals surface area (Å²) >= 11 is 0. The van der Waals surface area contributed by atoms with Gasteiger partial charge in [0, 0.05) is 7.05 Å². The van der Waals surface area contributed by atoms with Crippen molar-refractivity contribution in [3.05, 3.63) is 34.9 Å². The van der Waals surface area contributed by atoms with Crippen molar-refractivity contribution in [1.82, 2.24) is 4.90 Å². The van der Waals surface area contributed by atoms with Gasteiger partial charge in [0.2, 0.25) is 11.8 Å². The number of likely N-dealkylation sites (N-methyl/N-ethyl adjacent to an activating group) is 1. The molecule has 3 atom stereocenters. The minimum absolute atomic E-state index is 0.0304. The van der Waals surface area contributed by atoms with E-state index >= 15 is 0 Å². The molecular weight excluding hydrogens is 292 g/mol. The number of fused-ring (bicyclic) bond motifs is 1. The highest BCUT2D eigenvalue weighted by Crippen LogP contribution is 2.30. The predicted molar refractivity (Wildman–Crippen MR) is 86.7 cm³/mol. The van der Waals surface area contributed by atoms with Gasteiger partial charge >= 0.3 is 0 Å². The van der Waals surface area contributed by atoms with E-state index in [0.29, 0.717) is 19.3 Å². The van der Waals surface area contributed by atoms with E-state index in [1.807, 2.05) is 6.07 Å². The number of aliphatic hydroxyl groups excluding tert-OH is 1. The Morgan fingerprint density at radius 3 is 2.70 bits per heavy atom. The van der Waals surface area contributed by atoms with Crippen LogP contribution >= 0.6 is 0 Å². The molecule has 0 saturated heterocycles. The SMILES string of the molecule is CN(C(=O)Cc1ccc2c(c1)CCC2)[C@@H]1CC[C@@H](C(N)=O)[C@@H]1O. The van der Waals surface area contributed by atoms with Crippen LogP contribution in [0.4, 0.5) is 0 Å². The molecule has 0 spiro atoms. The van der Waals surface area contributed by atoms with Crippen molar-refractivity contribution in [3.8, 4) is 0 Å². The zero-order chi connectivity index (χ0) is 16.6. The Morgan fingerprint density at radius 1 is 1.26 bits per heavy atom. The molecule has 2 aliphatic rings. The van der Waals surface area contributed by atoms with Crippen LogP contribution in [0.2, 0.25) is 0 Å². The Kier molecular flexibility index (Phi) is 4.39. The van der Waals surface area contributed by atoms with Gasteiger partial charge in [-0.2, -0.15) is 0 Å². The van der Waals surface area contributed by atoms with Crippen molar-refractivity contribution >= 4 is 11.8 Å². The largest absolute Gasteiger partial charge is 0.390 e. The molecule has 0 aliphatic heterocycles. The lowest BCUT2D eigenvalue weighted by atomic mass is 10.0. The van der Waals surface area contributed by atoms with Gasteiger partial charge in [-0.05, 0) is 48.8 Å². The number of benzene rings is 1. The van der Waals surface area contributed by atoms with Gasteiger partial charge in [0.15, 0.2) is 0 Å². The number of rotatable bonds is 4. The highest BCUT2D eigenvalue weighted by molar-refractivity contribution is 5.80. The lowest BCUT2D eigenvalue weighted by Gasteiger charge is -2.28. The van der Waals surface area contributed by atoms with Crippen LogP contribution in [0.25, 0.3) is 0 Å². The number of aryl methyl sites for hydroxylation is 2. The number of aliphatic hydroxyl groups is 1. The van der Waals surface area contributed by atoms with Crippen molar-refractivity contribution in [2.24, 2.45) is 11.7 Å². The summed E-state index contributed by atoms with van der Waals surface area (Å²) in [7, 11) is 1.70. The van der Waals surface area contributed by atoms with Crippen LogP contribution in [0.1, 0.15) is 36.0 Å². The molecule has 1 fully saturated rings. The molecule has 1 aromatic rings. The summed E-state index contributed by atoms with van der Waals surface area (Å²) in [5.41, 5.74) is 9.06. The van der Waals surface area contributed by atoms with E-state index in [4.69, 9.17) is 5.73 Å². The molecule has 0 bridgehead atoms. The third-order valence-electron chi connectivity index (χ3n) is 5.35. The first-order valence-corrected chi connectivity index (χ1v) is 8.31. The highest BCUT2D eigenvalue weighted by Gasteiger charge is 2.41. The lowest BCUT2D eigenvalue weighted by molar-refractivity contribution is -0.135. The molecular formula is C18H24N2O3. The molecule has 23 heavy (non-hydrogen) atoms. The number of hydrogen-bond acceptors (Lipinski definition) is 3. The minimum atomic E-state index is -0.860. The molecule has 1 aromatic carbocycles. The van der Waals surface area contributed by atoms with Crippen LogP contribution in [-0.4, -0.2) is 41.0 Å². The Labute approximate surface area is 136 Å². The summed E-state index contributed by atoms with van der Waals surface area (Å²) in [6.45, 7) is 0. The summed E-state index contributed by atoms with van der Waals surface area (Å²) in [5.74, 6) is -1.06. The second-order valence-corrected chi connectivity index (χ2v) is 6.78. The van der Waals surface area contributed by atoms with Gasteiger partial charge in [-0.3, -0.25) is 9.59 Å². The van der Waals surface area contributed by atoms with Crippen LogP contribution in [0, 0.1) is 5.92 Å². The number of nitrogens with zero attached hydrogens (tertiary/aromatic N) is 1. The smallest absolute Gasteiger partial charge is 0.227 e. The van der Waals surface area contributed by atoms with Crippen LogP contribution in [0.3, 0.4) is 0 Å². The molecule has 3 rings (SSSR count). The van der Waals surface area contributed by atoms with Gasteiger partial charge in [0.25, 0.3) is 0 Å². The van der Waals surface area contributed by atoms with E-state index in [1.165, 1.54) is 17.5 Å². The number of nitrogens with two attached hydrogens (primary N) is 1. The molecule has 0 heterocycles. The summed E-state index contributed by atoms with van der Waals surface area (Å²) in [4.78, 5) is 25.4. The van der Waals surface area contributed by atoms with Gasteiger partial charge < -0.3 is 15.7 Å². The van der Waals surface area contributed by atoms with Gasteiger partial charge in [0.1, 0.15) is 0 Å². The summed E-state index contributed by atoms with van der Waals surface area (Å²) < 4.78 is 0. The predicted octanol–water partition coefficient (Wildman–Crippen LogP) is 0.801. The van der Waals surface area contributed by atoms with Crippen LogP contribution in [-0.2, 0) is 28.9 Å². The molecule has 1 saturated carbocycles. The standard InChI is InChI=1S/C18H24N2O3/c1-20(15-8-7-14(17(15)22)18(19)23)16(21)10-11-5-6-12-3-2-4-13(12)9-11/h5-6,9,14-15,17,22H,2-4,7-8,10H2,1H3,(H2,19,23)/t14-,15-,17+/m1/s1. The number of hydrogen-bond donors (Lipinski definition) is 2. The maximum Gasteiger partial charge on any atom is 0.227 e. The third-order valence-corrected chi connectivity index (χ3v) is 5.35. The highest BCUT2D eigenvalue weighted by atomic mass is 16.3. The van der Waals surface area contributed by atoms with E-state index in [0.717, 1.165) is 18.4 Å². The molecule has 0 aromatic heterocycles. The van der Waals surface area contributed by atoms with Gasteiger partial charge in [0.05, 0.1) is 24.5 Å². The number of carbonyl (C=O) groups is 2. The summed E-state index contributed by atoms with van der Waals surface area (Å²) in [6.07, 6.45) is 4.03. The number of carbonyl (C=O) groups excluding carboxylic acids is 2. The fraction of sp³-hybridized carbons (Fsp3) is 0.556. The molecule has 124 valence electrons. The zero-order valence-corrected chi connectivity index (χ0v) is 13.5. The molecule has 2 aliphatic carbocycles. The van der Waals surface area contributed by atoms with Crippen LogP contribution in [0.15, 0.2) is 18.2 Å². The average Bonchev–Trinajstić information content (AvgIpc) is 3.12. The second kappa shape index (κ2) is 6.32. The van der Waals surface area contributed by atoms with Crippen molar-refractivity contribution in [2.75, 3.05) is 7.05 Å². The quantitative estimate of drug-likeness (QED) is 0.862. The first kappa shape index (κ1) is 16.0. The number of primary amides is 1. The number of amides is 2. The van der Waals surface area contributed by atoms with Crippen LogP contribution in [0.5, 0.6) is 0 Å². The maximum absolute atomic E-state index is 12.5. The van der Waals surface area contributed by atoms with Gasteiger partial charge in [-0.15, -0.1) is 0 Å². The topological polar surface area (TPSA) is 83.6 Å². The Bertz CT molecular complexity index is 629. The molecule has 3 N–H and O–H groups in total. The van der Waals surface area contributed by atoms with Gasteiger partial charge in [-0.1, -0.05) is 18.2 Å². The zero-order valence-electron chi connectivity index (χ0n) is 13.5. The van der Waals surface area contributed by atoms with E-state index in [9.17, 15) is 14.7 Å². The first-order chi connectivity index (χ1) is 11.0. The first-order valence-electron chi connectivity index (χ1n) is 8.31. The second-order valence-electron chi connectivity index (χ2n) is 6.78. The van der Waals surface area contributed by atoms with Crippen molar-refractivity contribution in [3.63, 3.8) is 0 Å². The Hall–Kier alpha value is -1.88. The van der Waals surface area contributed by atoms with E-state index in [-0.39, 0.29) is 11.9 Å². The monoisotopic (exact) mass is 316 g/mol.